The Hall–Kier alpha value is -3.53. The van der Waals surface area contributed by atoms with E-state index in [1.54, 1.807) is 13.2 Å². The van der Waals surface area contributed by atoms with Crippen LogP contribution in [-0.2, 0) is 0 Å². The number of ether oxygens (including phenoxy) is 1. The molecule has 2 N–H and O–H groups in total. The van der Waals surface area contributed by atoms with E-state index < -0.39 is 23.6 Å². The molecule has 5 rings (SSSR count). The summed E-state index contributed by atoms with van der Waals surface area (Å²) in [6.45, 7) is 3.42. The van der Waals surface area contributed by atoms with Crippen molar-refractivity contribution in [3.05, 3.63) is 87.0 Å². The molecule has 210 valence electrons. The first kappa shape index (κ1) is 28.0. The van der Waals surface area contributed by atoms with Crippen LogP contribution in [0.2, 0.25) is 0 Å². The lowest BCUT2D eigenvalue weighted by molar-refractivity contribution is 0.0922. The van der Waals surface area contributed by atoms with Crippen LogP contribution in [0, 0.1) is 18.6 Å². The topological polar surface area (TPSA) is 83.6 Å². The van der Waals surface area contributed by atoms with E-state index in [0.29, 0.717) is 16.9 Å². The van der Waals surface area contributed by atoms with Gasteiger partial charge in [-0.1, -0.05) is 22.0 Å². The van der Waals surface area contributed by atoms with Crippen molar-refractivity contribution in [2.75, 3.05) is 12.0 Å². The van der Waals surface area contributed by atoms with Gasteiger partial charge < -0.3 is 20.3 Å². The number of nitrogens with zero attached hydrogens (tertiary/aromatic N) is 2. The molecule has 10 heteroatoms. The van der Waals surface area contributed by atoms with Crippen LogP contribution in [0.4, 0.5) is 14.6 Å². The van der Waals surface area contributed by atoms with Crippen molar-refractivity contribution < 1.29 is 23.1 Å². The van der Waals surface area contributed by atoms with Crippen LogP contribution >= 0.6 is 15.9 Å². The standard InChI is InChI=1S/C30H31BrF2N4O3/c1-16-23(5-4-6-26(16)40-3)30(39)36-20-13-21-8-9-22(14-20)37(21)27-10-7-18(15-34-27)29(38)35-17(2)28-24(32)11-19(31)12-25(28)33/h4-7,10-12,15,17,20-22H,8-9,13-14H2,1-3H3,(H,35,38)(H,36,39). The van der Waals surface area contributed by atoms with E-state index in [4.69, 9.17) is 4.74 Å². The molecule has 0 spiro atoms. The highest BCUT2D eigenvalue weighted by Crippen LogP contribution is 2.39. The molecule has 2 amide bonds. The van der Waals surface area contributed by atoms with Crippen LogP contribution in [0.1, 0.15) is 70.5 Å². The number of piperidine rings is 1. The predicted octanol–water partition coefficient (Wildman–Crippen LogP) is 5.86. The Morgan fingerprint density at radius 3 is 2.35 bits per heavy atom. The summed E-state index contributed by atoms with van der Waals surface area (Å²) in [4.78, 5) is 32.7. The van der Waals surface area contributed by atoms with Crippen molar-refractivity contribution in [1.29, 1.82) is 0 Å². The van der Waals surface area contributed by atoms with Gasteiger partial charge in [0.15, 0.2) is 0 Å². The summed E-state index contributed by atoms with van der Waals surface area (Å²) < 4.78 is 34.3. The summed E-state index contributed by atoms with van der Waals surface area (Å²) in [5.41, 5.74) is 1.54. The lowest BCUT2D eigenvalue weighted by Crippen LogP contribution is -2.50. The number of benzene rings is 2. The molecular formula is C30H31BrF2N4O3. The molecule has 0 radical (unpaired) electrons. The van der Waals surface area contributed by atoms with Gasteiger partial charge in [0.2, 0.25) is 0 Å². The lowest BCUT2D eigenvalue weighted by Gasteiger charge is -2.40. The highest BCUT2D eigenvalue weighted by atomic mass is 79.9. The minimum Gasteiger partial charge on any atom is -0.496 e. The van der Waals surface area contributed by atoms with Crippen molar-refractivity contribution in [3.63, 3.8) is 0 Å². The van der Waals surface area contributed by atoms with Crippen molar-refractivity contribution in [2.45, 2.75) is 63.7 Å². The largest absolute Gasteiger partial charge is 0.496 e. The number of pyridine rings is 1. The number of carbonyl (C=O) groups excluding carboxylic acids is 2. The fraction of sp³-hybridized carbons (Fsp3) is 0.367. The molecular weight excluding hydrogens is 582 g/mol. The second-order valence-corrected chi connectivity index (χ2v) is 11.4. The average Bonchev–Trinajstić information content (AvgIpc) is 3.18. The number of aromatic nitrogens is 1. The van der Waals surface area contributed by atoms with Crippen molar-refractivity contribution in [3.8, 4) is 5.75 Å². The van der Waals surface area contributed by atoms with Gasteiger partial charge in [-0.15, -0.1) is 0 Å². The molecule has 2 fully saturated rings. The predicted molar refractivity (Wildman–Crippen MR) is 152 cm³/mol. The van der Waals surface area contributed by atoms with Gasteiger partial charge in [0.05, 0.1) is 18.7 Å². The Bertz CT molecular complexity index is 1400. The Morgan fingerprint density at radius 1 is 1.07 bits per heavy atom. The maximum atomic E-state index is 14.3. The van der Waals surface area contributed by atoms with E-state index >= 15 is 0 Å². The third kappa shape index (κ3) is 5.54. The molecule has 2 aliphatic rings. The zero-order valence-corrected chi connectivity index (χ0v) is 24.1. The number of rotatable bonds is 7. The summed E-state index contributed by atoms with van der Waals surface area (Å²) >= 11 is 3.06. The summed E-state index contributed by atoms with van der Waals surface area (Å²) in [5, 5.41) is 5.87. The summed E-state index contributed by atoms with van der Waals surface area (Å²) in [6, 6.07) is 10.9. The molecule has 2 saturated heterocycles. The van der Waals surface area contributed by atoms with Crippen LogP contribution in [0.3, 0.4) is 0 Å². The lowest BCUT2D eigenvalue weighted by atomic mass is 9.96. The van der Waals surface area contributed by atoms with E-state index in [-0.39, 0.29) is 34.1 Å². The average molecular weight is 614 g/mol. The van der Waals surface area contributed by atoms with Gasteiger partial charge in [-0.2, -0.15) is 0 Å². The number of hydrogen-bond donors (Lipinski definition) is 2. The van der Waals surface area contributed by atoms with E-state index in [9.17, 15) is 18.4 Å². The molecule has 2 aromatic carbocycles. The fourth-order valence-corrected chi connectivity index (χ4v) is 6.41. The van der Waals surface area contributed by atoms with Crippen LogP contribution in [0.15, 0.2) is 53.1 Å². The minimum atomic E-state index is -0.869. The zero-order chi connectivity index (χ0) is 28.6. The molecule has 3 aromatic rings. The maximum Gasteiger partial charge on any atom is 0.253 e. The van der Waals surface area contributed by atoms with Gasteiger partial charge in [0.1, 0.15) is 23.2 Å². The Labute approximate surface area is 240 Å². The third-order valence-electron chi connectivity index (χ3n) is 7.92. The number of carbonyl (C=O) groups is 2. The first-order chi connectivity index (χ1) is 19.2. The van der Waals surface area contributed by atoms with Crippen LogP contribution < -0.4 is 20.3 Å². The minimum absolute atomic E-state index is 0.0535. The molecule has 2 bridgehead atoms. The van der Waals surface area contributed by atoms with Gasteiger partial charge in [-0.05, 0) is 75.9 Å². The fourth-order valence-electron chi connectivity index (χ4n) is 6.01. The van der Waals surface area contributed by atoms with Crippen molar-refractivity contribution in [2.24, 2.45) is 0 Å². The van der Waals surface area contributed by atoms with Gasteiger partial charge in [0.25, 0.3) is 11.8 Å². The smallest absolute Gasteiger partial charge is 0.253 e. The second kappa shape index (κ2) is 11.5. The summed E-state index contributed by atoms with van der Waals surface area (Å²) in [5.74, 6) is -0.572. The van der Waals surface area contributed by atoms with Crippen molar-refractivity contribution in [1.82, 2.24) is 15.6 Å². The normalized spacial score (nSPS) is 20.6. The number of hydrogen-bond acceptors (Lipinski definition) is 5. The van der Waals surface area contributed by atoms with Crippen LogP contribution in [0.5, 0.6) is 5.75 Å². The van der Waals surface area contributed by atoms with E-state index in [1.165, 1.54) is 25.3 Å². The number of anilines is 1. The quantitative estimate of drug-likeness (QED) is 0.349. The van der Waals surface area contributed by atoms with Crippen molar-refractivity contribution >= 4 is 33.6 Å². The Kier molecular flexibility index (Phi) is 8.07. The SMILES string of the molecule is COc1cccc(C(=O)NC2CC3CCC(C2)N3c2ccc(C(=O)NC(C)c3c(F)cc(Br)cc3F)cn2)c1C. The van der Waals surface area contributed by atoms with Gasteiger partial charge in [0, 0.05) is 45.5 Å². The zero-order valence-electron chi connectivity index (χ0n) is 22.5. The van der Waals surface area contributed by atoms with Gasteiger partial charge in [-0.3, -0.25) is 9.59 Å². The Morgan fingerprint density at radius 2 is 1.75 bits per heavy atom. The monoisotopic (exact) mass is 612 g/mol. The molecule has 3 atom stereocenters. The highest BCUT2D eigenvalue weighted by molar-refractivity contribution is 9.10. The number of methoxy groups -OCH3 is 1. The molecule has 3 heterocycles. The second-order valence-electron chi connectivity index (χ2n) is 10.5. The molecule has 1 aromatic heterocycles. The number of nitrogens with one attached hydrogen (secondary N) is 2. The van der Waals surface area contributed by atoms with Crippen LogP contribution in [0.25, 0.3) is 0 Å². The van der Waals surface area contributed by atoms with E-state index in [2.05, 4.69) is 36.4 Å². The molecule has 0 saturated carbocycles. The van der Waals surface area contributed by atoms with E-state index in [0.717, 1.165) is 37.1 Å². The summed E-state index contributed by atoms with van der Waals surface area (Å²) in [6.07, 6.45) is 5.10. The summed E-state index contributed by atoms with van der Waals surface area (Å²) in [7, 11) is 1.59. The highest BCUT2D eigenvalue weighted by Gasteiger charge is 2.42. The Balaban J connectivity index is 1.22. The molecule has 40 heavy (non-hydrogen) atoms. The molecule has 3 unspecified atom stereocenters. The van der Waals surface area contributed by atoms with Gasteiger partial charge in [-0.25, -0.2) is 13.8 Å². The van der Waals surface area contributed by atoms with Crippen LogP contribution in [-0.4, -0.2) is 42.0 Å². The number of halogens is 3. The first-order valence-corrected chi connectivity index (χ1v) is 14.1. The molecule has 2 aliphatic heterocycles. The first-order valence-electron chi connectivity index (χ1n) is 13.3. The number of fused-ring (bicyclic) bond motifs is 2. The van der Waals surface area contributed by atoms with Gasteiger partial charge >= 0.3 is 0 Å². The maximum absolute atomic E-state index is 14.3. The molecule has 7 nitrogen and oxygen atoms in total. The third-order valence-corrected chi connectivity index (χ3v) is 8.37. The molecule has 0 aliphatic carbocycles. The number of amides is 2. The van der Waals surface area contributed by atoms with E-state index in [1.807, 2.05) is 31.2 Å².